The maximum Gasteiger partial charge on any atom is 0.408 e. The van der Waals surface area contributed by atoms with E-state index in [9.17, 15) is 27.6 Å². The van der Waals surface area contributed by atoms with Crippen LogP contribution in [-0.4, -0.2) is 84.2 Å². The number of hydrogen-bond donors (Lipinski definition) is 3. The zero-order valence-corrected chi connectivity index (χ0v) is 28.0. The fourth-order valence-corrected chi connectivity index (χ4v) is 6.74. The van der Waals surface area contributed by atoms with Gasteiger partial charge in [-0.1, -0.05) is 43.2 Å². The highest BCUT2D eigenvalue weighted by Gasteiger charge is 2.61. The fraction of sp³-hybridized carbons (Fsp3) is 0.545. The summed E-state index contributed by atoms with van der Waals surface area (Å²) in [5.74, 6) is -2.01. The number of rotatable bonds is 5. The van der Waals surface area contributed by atoms with Crippen LogP contribution in [0.15, 0.2) is 48.7 Å². The number of pyridine rings is 1. The Bertz CT molecular complexity index is 1670. The second-order valence-electron chi connectivity index (χ2n) is 13.6. The predicted molar refractivity (Wildman–Crippen MR) is 174 cm³/mol. The largest absolute Gasteiger partial charge is 0.472 e. The quantitative estimate of drug-likeness (QED) is 0.405. The van der Waals surface area contributed by atoms with Crippen molar-refractivity contribution in [2.24, 2.45) is 5.92 Å². The van der Waals surface area contributed by atoms with Crippen molar-refractivity contribution in [3.8, 4) is 5.88 Å². The van der Waals surface area contributed by atoms with Gasteiger partial charge in [0.2, 0.25) is 27.7 Å². The molecular weight excluding hydrogens is 626 g/mol. The molecule has 2 fully saturated rings. The number of amides is 4. The zero-order chi connectivity index (χ0) is 34.0. The molecule has 5 rings (SSSR count). The van der Waals surface area contributed by atoms with Crippen LogP contribution in [0.4, 0.5) is 4.79 Å². The number of allylic oxidation sites excluding steroid dienone is 1. The Morgan fingerprint density at radius 2 is 1.87 bits per heavy atom. The molecule has 1 aromatic carbocycles. The van der Waals surface area contributed by atoms with Gasteiger partial charge in [0.15, 0.2) is 0 Å². The Balaban J connectivity index is 1.47. The summed E-state index contributed by atoms with van der Waals surface area (Å²) in [6.45, 7) is 5.19. The van der Waals surface area contributed by atoms with Crippen LogP contribution >= 0.6 is 0 Å². The van der Waals surface area contributed by atoms with E-state index in [4.69, 9.17) is 9.47 Å². The van der Waals surface area contributed by atoms with E-state index in [1.165, 1.54) is 4.90 Å². The number of carbonyl (C=O) groups is 4. The van der Waals surface area contributed by atoms with Crippen molar-refractivity contribution >= 4 is 44.6 Å². The topological polar surface area (TPSA) is 173 Å². The lowest BCUT2D eigenvalue weighted by atomic mass is 10.0. The number of benzene rings is 1. The lowest BCUT2D eigenvalue weighted by Crippen LogP contribution is -2.58. The van der Waals surface area contributed by atoms with E-state index in [0.717, 1.165) is 29.9 Å². The maximum atomic E-state index is 14.2. The van der Waals surface area contributed by atoms with Crippen molar-refractivity contribution < 1.29 is 37.1 Å². The van der Waals surface area contributed by atoms with Crippen molar-refractivity contribution in [3.05, 3.63) is 48.7 Å². The number of alkyl carbamates (subject to hydrolysis) is 1. The molecule has 5 atom stereocenters. The molecule has 14 heteroatoms. The molecule has 0 spiro atoms. The van der Waals surface area contributed by atoms with Gasteiger partial charge < -0.3 is 25.0 Å². The third-order valence-electron chi connectivity index (χ3n) is 8.53. The van der Waals surface area contributed by atoms with Gasteiger partial charge in [-0.15, -0.1) is 0 Å². The highest BCUT2D eigenvalue weighted by Crippen LogP contribution is 2.45. The summed E-state index contributed by atoms with van der Waals surface area (Å²) in [5.41, 5.74) is -2.28. The molecule has 0 radical (unpaired) electrons. The summed E-state index contributed by atoms with van der Waals surface area (Å²) < 4.78 is 37.8. The van der Waals surface area contributed by atoms with Crippen molar-refractivity contribution in [2.75, 3.05) is 12.8 Å². The van der Waals surface area contributed by atoms with Crippen LogP contribution in [0.5, 0.6) is 5.88 Å². The summed E-state index contributed by atoms with van der Waals surface area (Å²) in [4.78, 5) is 60.2. The van der Waals surface area contributed by atoms with Gasteiger partial charge in [-0.05, 0) is 64.0 Å². The molecule has 2 aromatic rings. The molecule has 3 N–H and O–H groups in total. The number of sulfonamides is 1. The first kappa shape index (κ1) is 34.1. The molecule has 47 heavy (non-hydrogen) atoms. The van der Waals surface area contributed by atoms with E-state index >= 15 is 0 Å². The minimum absolute atomic E-state index is 0.0141. The second kappa shape index (κ2) is 13.5. The Kier molecular flexibility index (Phi) is 9.81. The molecule has 1 saturated carbocycles. The molecule has 1 saturated heterocycles. The second-order valence-corrected chi connectivity index (χ2v) is 15.3. The molecule has 3 heterocycles. The summed E-state index contributed by atoms with van der Waals surface area (Å²) in [5, 5.41) is 7.21. The highest BCUT2D eigenvalue weighted by molar-refractivity contribution is 7.89. The molecule has 0 bridgehead atoms. The molecule has 2 aliphatic heterocycles. The van der Waals surface area contributed by atoms with E-state index in [0.29, 0.717) is 25.1 Å². The van der Waals surface area contributed by atoms with E-state index in [1.807, 2.05) is 47.2 Å². The predicted octanol–water partition coefficient (Wildman–Crippen LogP) is 2.95. The van der Waals surface area contributed by atoms with E-state index in [1.54, 1.807) is 27.0 Å². The van der Waals surface area contributed by atoms with Gasteiger partial charge in [0.05, 0.1) is 12.8 Å². The van der Waals surface area contributed by atoms with Gasteiger partial charge >= 0.3 is 6.09 Å². The van der Waals surface area contributed by atoms with E-state index in [-0.39, 0.29) is 19.4 Å². The lowest BCUT2D eigenvalue weighted by molar-refractivity contribution is -0.141. The number of hydrogen-bond acceptors (Lipinski definition) is 9. The van der Waals surface area contributed by atoms with Crippen molar-refractivity contribution in [1.82, 2.24) is 25.2 Å². The highest BCUT2D eigenvalue weighted by atomic mass is 32.2. The molecule has 4 amide bonds. The Morgan fingerprint density at radius 1 is 1.11 bits per heavy atom. The van der Waals surface area contributed by atoms with Gasteiger partial charge in [0.1, 0.15) is 29.3 Å². The molecule has 13 nitrogen and oxygen atoms in total. The molecule has 1 aromatic heterocycles. The van der Waals surface area contributed by atoms with Crippen LogP contribution in [0.3, 0.4) is 0 Å². The average Bonchev–Trinajstić information content (AvgIpc) is 3.51. The number of nitrogens with one attached hydrogen (secondary N) is 3. The summed E-state index contributed by atoms with van der Waals surface area (Å²) in [6, 6.07) is 7.35. The average molecular weight is 670 g/mol. The number of fused-ring (bicyclic) bond motifs is 3. The van der Waals surface area contributed by atoms with E-state index in [2.05, 4.69) is 15.6 Å². The summed E-state index contributed by atoms with van der Waals surface area (Å²) >= 11 is 0. The summed E-state index contributed by atoms with van der Waals surface area (Å²) in [6.07, 6.45) is 8.37. The zero-order valence-electron chi connectivity index (χ0n) is 27.2. The van der Waals surface area contributed by atoms with Crippen LogP contribution in [0.2, 0.25) is 0 Å². The van der Waals surface area contributed by atoms with Crippen molar-refractivity contribution in [2.45, 2.75) is 95.0 Å². The normalized spacial score (nSPS) is 27.7. The molecule has 1 aliphatic carbocycles. The van der Waals surface area contributed by atoms with E-state index < -0.39 is 69.1 Å². The molecule has 5 unspecified atom stereocenters. The maximum absolute atomic E-state index is 14.2. The Labute approximate surface area is 274 Å². The van der Waals surface area contributed by atoms with Crippen LogP contribution in [0.1, 0.15) is 65.7 Å². The van der Waals surface area contributed by atoms with Gasteiger partial charge in [-0.2, -0.15) is 0 Å². The smallest absolute Gasteiger partial charge is 0.408 e. The first-order valence-electron chi connectivity index (χ1n) is 16.0. The Morgan fingerprint density at radius 3 is 2.62 bits per heavy atom. The third kappa shape index (κ3) is 8.40. The van der Waals surface area contributed by atoms with Gasteiger partial charge in [-0.3, -0.25) is 19.1 Å². The molecule has 254 valence electrons. The lowest BCUT2D eigenvalue weighted by Gasteiger charge is -2.30. The number of nitrogens with zero attached hydrogens (tertiary/aromatic N) is 2. The van der Waals surface area contributed by atoms with Gasteiger partial charge in [0, 0.05) is 23.9 Å². The van der Waals surface area contributed by atoms with Crippen LogP contribution < -0.4 is 20.1 Å². The first-order chi connectivity index (χ1) is 22.1. The van der Waals surface area contributed by atoms with Crippen LogP contribution in [0, 0.1) is 5.92 Å². The minimum atomic E-state index is -3.91. The standard InChI is InChI=1S/C33H43N5O8S/c1-32(2,3)46-31(42)35-25-15-9-7-5-6-8-13-22-19-33(22,30(41)37-47(4,43)44)36-27(39)26-18-23(20-38(26)29(25)40)45-28-24-14-11-10-12-21(24)16-17-34-28/h8,10-14,16-17,22-23,25-26H,5-7,9,15,18-20H2,1-4H3,(H,35,42)(H,36,39)(H,37,41)/b13-8+. The fourth-order valence-electron chi connectivity index (χ4n) is 6.22. The monoisotopic (exact) mass is 669 g/mol. The van der Waals surface area contributed by atoms with Crippen molar-refractivity contribution in [3.63, 3.8) is 0 Å². The SMILES string of the molecule is CC(C)(C)OC(=O)NC1CCCCC/C=C/C2CC2(C(=O)NS(C)(=O)=O)NC(=O)C2CC(Oc3nccc4ccccc34)CN2C1=O. The number of carbonyl (C=O) groups excluding carboxylic acids is 4. The first-order valence-corrected chi connectivity index (χ1v) is 17.9. The van der Waals surface area contributed by atoms with Crippen LogP contribution in [0.25, 0.3) is 10.8 Å². The minimum Gasteiger partial charge on any atom is -0.472 e. The Hall–Kier alpha value is -4.20. The third-order valence-corrected chi connectivity index (χ3v) is 9.09. The van der Waals surface area contributed by atoms with Crippen LogP contribution in [-0.2, 0) is 29.1 Å². The molecular formula is C33H43N5O8S. The number of ether oxygens (including phenoxy) is 2. The summed E-state index contributed by atoms with van der Waals surface area (Å²) in [7, 11) is -3.91. The van der Waals surface area contributed by atoms with Gasteiger partial charge in [0.25, 0.3) is 5.91 Å². The van der Waals surface area contributed by atoms with Gasteiger partial charge in [-0.25, -0.2) is 18.2 Å². The van der Waals surface area contributed by atoms with Crippen molar-refractivity contribution in [1.29, 1.82) is 0 Å². The number of aromatic nitrogens is 1. The molecule has 3 aliphatic rings.